The van der Waals surface area contributed by atoms with Crippen LogP contribution < -0.4 is 0 Å². The van der Waals surface area contributed by atoms with Crippen LogP contribution in [0.1, 0.15) is 36.5 Å². The number of carbonyl (C=O) groups excluding carboxylic acids is 1. The monoisotopic (exact) mass is 343 g/mol. The number of rotatable bonds is 3. The molecule has 1 fully saturated rings. The second-order valence-corrected chi connectivity index (χ2v) is 5.95. The van der Waals surface area contributed by atoms with Gasteiger partial charge in [-0.3, -0.25) is 4.79 Å². The lowest BCUT2D eigenvalue weighted by Crippen LogP contribution is -2.28. The largest absolute Gasteiger partial charge is 0.338 e. The van der Waals surface area contributed by atoms with Crippen LogP contribution in [0.15, 0.2) is 24.3 Å². The second-order valence-electron chi connectivity index (χ2n) is 4.70. The summed E-state index contributed by atoms with van der Waals surface area (Å²) in [7, 11) is 0. The van der Waals surface area contributed by atoms with Crippen molar-refractivity contribution in [3.8, 4) is 0 Å². The Morgan fingerprint density at radius 2 is 2.12 bits per heavy atom. The summed E-state index contributed by atoms with van der Waals surface area (Å²) in [6.45, 7) is 4.08. The van der Waals surface area contributed by atoms with E-state index >= 15 is 0 Å². The average molecular weight is 343 g/mol. The van der Waals surface area contributed by atoms with E-state index in [4.69, 9.17) is 0 Å². The SMILES string of the molecule is CCCC1CCN(C(=O)c2ccc(I)cc2)C1. The van der Waals surface area contributed by atoms with E-state index in [1.54, 1.807) is 0 Å². The third-order valence-corrected chi connectivity index (χ3v) is 4.08. The van der Waals surface area contributed by atoms with E-state index in [-0.39, 0.29) is 5.91 Å². The molecular weight excluding hydrogens is 325 g/mol. The highest BCUT2D eigenvalue weighted by Crippen LogP contribution is 2.22. The van der Waals surface area contributed by atoms with Crippen LogP contribution in [0.2, 0.25) is 0 Å². The maximum Gasteiger partial charge on any atom is 0.253 e. The number of amides is 1. The Labute approximate surface area is 117 Å². The van der Waals surface area contributed by atoms with Gasteiger partial charge in [0.1, 0.15) is 0 Å². The minimum absolute atomic E-state index is 0.194. The van der Waals surface area contributed by atoms with Crippen molar-refractivity contribution in [2.45, 2.75) is 26.2 Å². The van der Waals surface area contributed by atoms with Gasteiger partial charge >= 0.3 is 0 Å². The zero-order chi connectivity index (χ0) is 12.3. The van der Waals surface area contributed by atoms with Crippen LogP contribution in [0.3, 0.4) is 0 Å². The van der Waals surface area contributed by atoms with Crippen LogP contribution in [-0.4, -0.2) is 23.9 Å². The molecule has 1 atom stereocenters. The van der Waals surface area contributed by atoms with E-state index in [0.29, 0.717) is 5.92 Å². The van der Waals surface area contributed by atoms with Crippen molar-refractivity contribution in [1.29, 1.82) is 0 Å². The second kappa shape index (κ2) is 5.85. The highest BCUT2D eigenvalue weighted by Gasteiger charge is 2.26. The molecule has 1 amide bonds. The number of hydrogen-bond donors (Lipinski definition) is 0. The summed E-state index contributed by atoms with van der Waals surface area (Å²) in [6, 6.07) is 7.84. The van der Waals surface area contributed by atoms with Crippen LogP contribution in [-0.2, 0) is 0 Å². The van der Waals surface area contributed by atoms with Gasteiger partial charge in [0.05, 0.1) is 0 Å². The molecule has 0 aromatic heterocycles. The smallest absolute Gasteiger partial charge is 0.253 e. The van der Waals surface area contributed by atoms with Crippen LogP contribution in [0.25, 0.3) is 0 Å². The topological polar surface area (TPSA) is 20.3 Å². The summed E-state index contributed by atoms with van der Waals surface area (Å²) in [5.74, 6) is 0.910. The predicted molar refractivity (Wildman–Crippen MR) is 78.1 cm³/mol. The highest BCUT2D eigenvalue weighted by molar-refractivity contribution is 14.1. The maximum absolute atomic E-state index is 12.2. The van der Waals surface area contributed by atoms with Gasteiger partial charge in [-0.15, -0.1) is 0 Å². The fraction of sp³-hybridized carbons (Fsp3) is 0.500. The van der Waals surface area contributed by atoms with Gasteiger partial charge in [0.15, 0.2) is 0 Å². The van der Waals surface area contributed by atoms with E-state index in [1.165, 1.54) is 22.8 Å². The van der Waals surface area contributed by atoms with Crippen LogP contribution in [0.5, 0.6) is 0 Å². The summed E-state index contributed by atoms with van der Waals surface area (Å²) in [6.07, 6.45) is 3.64. The van der Waals surface area contributed by atoms with E-state index in [0.717, 1.165) is 18.7 Å². The zero-order valence-corrected chi connectivity index (χ0v) is 12.3. The van der Waals surface area contributed by atoms with Gasteiger partial charge in [-0.1, -0.05) is 13.3 Å². The Bertz CT molecular complexity index is 388. The lowest BCUT2D eigenvalue weighted by atomic mass is 10.0. The van der Waals surface area contributed by atoms with Crippen molar-refractivity contribution in [2.24, 2.45) is 5.92 Å². The molecule has 1 aliphatic heterocycles. The molecule has 0 radical (unpaired) electrons. The molecule has 1 unspecified atom stereocenters. The average Bonchev–Trinajstić information content (AvgIpc) is 2.78. The molecule has 0 spiro atoms. The Hall–Kier alpha value is -0.580. The number of likely N-dealkylation sites (tertiary alicyclic amines) is 1. The normalized spacial score (nSPS) is 19.6. The number of hydrogen-bond acceptors (Lipinski definition) is 1. The van der Waals surface area contributed by atoms with Crippen LogP contribution in [0, 0.1) is 9.49 Å². The summed E-state index contributed by atoms with van der Waals surface area (Å²) >= 11 is 2.26. The lowest BCUT2D eigenvalue weighted by molar-refractivity contribution is 0.0786. The predicted octanol–water partition coefficient (Wildman–Crippen LogP) is 3.55. The van der Waals surface area contributed by atoms with Gasteiger partial charge in [0.25, 0.3) is 5.91 Å². The molecule has 0 saturated carbocycles. The van der Waals surface area contributed by atoms with Gasteiger partial charge < -0.3 is 4.90 Å². The van der Waals surface area contributed by atoms with Gasteiger partial charge in [-0.2, -0.15) is 0 Å². The van der Waals surface area contributed by atoms with Crippen molar-refractivity contribution in [1.82, 2.24) is 4.90 Å². The third-order valence-electron chi connectivity index (χ3n) is 3.36. The Balaban J connectivity index is 1.99. The number of carbonyl (C=O) groups is 1. The quantitative estimate of drug-likeness (QED) is 0.769. The molecule has 0 N–H and O–H groups in total. The number of nitrogens with zero attached hydrogens (tertiary/aromatic N) is 1. The Morgan fingerprint density at radius 1 is 1.41 bits per heavy atom. The molecule has 1 aromatic rings. The van der Waals surface area contributed by atoms with Gasteiger partial charge in [0, 0.05) is 22.2 Å². The van der Waals surface area contributed by atoms with Crippen molar-refractivity contribution < 1.29 is 4.79 Å². The van der Waals surface area contributed by atoms with E-state index in [9.17, 15) is 4.79 Å². The fourth-order valence-electron chi connectivity index (χ4n) is 2.44. The summed E-state index contributed by atoms with van der Waals surface area (Å²) in [5, 5.41) is 0. The molecule has 1 heterocycles. The van der Waals surface area contributed by atoms with Crippen LogP contribution in [0.4, 0.5) is 0 Å². The first kappa shape index (κ1) is 12.9. The fourth-order valence-corrected chi connectivity index (χ4v) is 2.80. The molecule has 2 rings (SSSR count). The first-order valence-electron chi connectivity index (χ1n) is 6.25. The minimum atomic E-state index is 0.194. The molecule has 0 bridgehead atoms. The number of halogens is 1. The minimum Gasteiger partial charge on any atom is -0.338 e. The molecule has 0 aliphatic carbocycles. The molecule has 1 aromatic carbocycles. The zero-order valence-electron chi connectivity index (χ0n) is 10.2. The summed E-state index contributed by atoms with van der Waals surface area (Å²) < 4.78 is 1.17. The van der Waals surface area contributed by atoms with Crippen molar-refractivity contribution in [2.75, 3.05) is 13.1 Å². The highest BCUT2D eigenvalue weighted by atomic mass is 127. The van der Waals surface area contributed by atoms with Gasteiger partial charge in [0.2, 0.25) is 0 Å². The molecule has 2 nitrogen and oxygen atoms in total. The first-order chi connectivity index (χ1) is 8.20. The summed E-state index contributed by atoms with van der Waals surface area (Å²) in [5.41, 5.74) is 0.822. The van der Waals surface area contributed by atoms with Crippen molar-refractivity contribution >= 4 is 28.5 Å². The molecule has 92 valence electrons. The van der Waals surface area contributed by atoms with E-state index in [1.807, 2.05) is 29.2 Å². The first-order valence-corrected chi connectivity index (χ1v) is 7.33. The maximum atomic E-state index is 12.2. The molecule has 1 aliphatic rings. The van der Waals surface area contributed by atoms with Crippen LogP contribution >= 0.6 is 22.6 Å². The summed E-state index contributed by atoms with van der Waals surface area (Å²) in [4.78, 5) is 14.2. The van der Waals surface area contributed by atoms with Gasteiger partial charge in [-0.25, -0.2) is 0 Å². The molecule has 17 heavy (non-hydrogen) atoms. The Kier molecular flexibility index (Phi) is 4.42. The van der Waals surface area contributed by atoms with E-state index < -0.39 is 0 Å². The van der Waals surface area contributed by atoms with Crippen molar-refractivity contribution in [3.05, 3.63) is 33.4 Å². The van der Waals surface area contributed by atoms with Gasteiger partial charge in [-0.05, 0) is 65.6 Å². The standard InChI is InChI=1S/C14H18INO/c1-2-3-11-8-9-16(10-11)14(17)12-4-6-13(15)7-5-12/h4-7,11H,2-3,8-10H2,1H3. The molecule has 1 saturated heterocycles. The Morgan fingerprint density at radius 3 is 2.76 bits per heavy atom. The molecular formula is C14H18INO. The van der Waals surface area contributed by atoms with Crippen molar-refractivity contribution in [3.63, 3.8) is 0 Å². The molecule has 3 heteroatoms. The lowest BCUT2D eigenvalue weighted by Gasteiger charge is -2.16. The number of benzene rings is 1. The van der Waals surface area contributed by atoms with E-state index in [2.05, 4.69) is 29.5 Å². The third kappa shape index (κ3) is 3.21.